The first kappa shape index (κ1) is 21.1. The Bertz CT molecular complexity index is 1140. The fraction of sp³-hybridized carbons (Fsp3) is 0.208. The molecule has 1 aliphatic rings. The van der Waals surface area contributed by atoms with E-state index in [1.54, 1.807) is 53.4 Å². The first-order chi connectivity index (χ1) is 14.9. The minimum Gasteiger partial charge on any atom is -0.457 e. The zero-order chi connectivity index (χ0) is 21.8. The van der Waals surface area contributed by atoms with Crippen molar-refractivity contribution in [3.05, 3.63) is 90.0 Å². The van der Waals surface area contributed by atoms with E-state index in [-0.39, 0.29) is 23.9 Å². The Hall–Kier alpha value is -3.16. The first-order valence-corrected chi connectivity index (χ1v) is 11.6. The van der Waals surface area contributed by atoms with Gasteiger partial charge in [-0.1, -0.05) is 35.9 Å². The van der Waals surface area contributed by atoms with E-state index in [0.717, 1.165) is 11.3 Å². The van der Waals surface area contributed by atoms with Crippen molar-refractivity contribution < 1.29 is 17.9 Å². The molecule has 1 aliphatic heterocycles. The summed E-state index contributed by atoms with van der Waals surface area (Å²) in [5.41, 5.74) is 1.56. The molecule has 31 heavy (non-hydrogen) atoms. The van der Waals surface area contributed by atoms with Gasteiger partial charge in [0.25, 0.3) is 5.91 Å². The summed E-state index contributed by atoms with van der Waals surface area (Å²) >= 11 is 0. The summed E-state index contributed by atoms with van der Waals surface area (Å²) in [6, 6.07) is 23.3. The van der Waals surface area contributed by atoms with E-state index < -0.39 is 10.0 Å². The van der Waals surface area contributed by atoms with Crippen LogP contribution in [0.15, 0.2) is 83.8 Å². The zero-order valence-corrected chi connectivity index (χ0v) is 18.1. The van der Waals surface area contributed by atoms with Crippen molar-refractivity contribution in [3.8, 4) is 11.5 Å². The molecule has 0 unspecified atom stereocenters. The molecule has 0 N–H and O–H groups in total. The Kier molecular flexibility index (Phi) is 6.06. The van der Waals surface area contributed by atoms with Gasteiger partial charge in [0.15, 0.2) is 0 Å². The van der Waals surface area contributed by atoms with Gasteiger partial charge in [-0.15, -0.1) is 0 Å². The molecule has 3 aromatic carbocycles. The summed E-state index contributed by atoms with van der Waals surface area (Å²) in [4.78, 5) is 14.8. The third-order valence-electron chi connectivity index (χ3n) is 5.26. The maximum Gasteiger partial charge on any atom is 0.253 e. The van der Waals surface area contributed by atoms with Crippen molar-refractivity contribution >= 4 is 15.9 Å². The summed E-state index contributed by atoms with van der Waals surface area (Å²) < 4.78 is 32.9. The monoisotopic (exact) mass is 436 g/mol. The molecule has 0 saturated carbocycles. The number of benzene rings is 3. The van der Waals surface area contributed by atoms with E-state index in [9.17, 15) is 13.2 Å². The molecule has 0 aromatic heterocycles. The lowest BCUT2D eigenvalue weighted by Gasteiger charge is -2.34. The van der Waals surface area contributed by atoms with Crippen LogP contribution in [0.4, 0.5) is 0 Å². The molecule has 4 rings (SSSR count). The van der Waals surface area contributed by atoms with Crippen LogP contribution >= 0.6 is 0 Å². The number of piperazine rings is 1. The predicted molar refractivity (Wildman–Crippen MR) is 119 cm³/mol. The van der Waals surface area contributed by atoms with Gasteiger partial charge in [-0.3, -0.25) is 4.79 Å². The molecule has 0 atom stereocenters. The van der Waals surface area contributed by atoms with Gasteiger partial charge >= 0.3 is 0 Å². The van der Waals surface area contributed by atoms with Crippen molar-refractivity contribution in [2.45, 2.75) is 11.8 Å². The number of carbonyl (C=O) groups is 1. The molecule has 3 aromatic rings. The Morgan fingerprint density at radius 2 is 1.35 bits per heavy atom. The topological polar surface area (TPSA) is 66.9 Å². The van der Waals surface area contributed by atoms with Crippen LogP contribution in [0.5, 0.6) is 11.5 Å². The lowest BCUT2D eigenvalue weighted by molar-refractivity contribution is 0.0698. The summed E-state index contributed by atoms with van der Waals surface area (Å²) in [7, 11) is -3.55. The standard InChI is InChI=1S/C24H24N2O4S/c1-19-7-13-23(14-8-19)31(28,29)26-17-15-25(16-18-26)24(27)20-9-11-22(12-10-20)30-21-5-3-2-4-6-21/h2-14H,15-18H2,1H3. The van der Waals surface area contributed by atoms with E-state index in [0.29, 0.717) is 24.4 Å². The first-order valence-electron chi connectivity index (χ1n) is 10.1. The van der Waals surface area contributed by atoms with Crippen molar-refractivity contribution in [2.75, 3.05) is 26.2 Å². The number of sulfonamides is 1. The summed E-state index contributed by atoms with van der Waals surface area (Å²) in [6.45, 7) is 3.17. The summed E-state index contributed by atoms with van der Waals surface area (Å²) in [5.74, 6) is 1.27. The molecule has 0 radical (unpaired) electrons. The smallest absolute Gasteiger partial charge is 0.253 e. The second-order valence-electron chi connectivity index (χ2n) is 7.45. The van der Waals surface area contributed by atoms with Crippen molar-refractivity contribution in [1.29, 1.82) is 0 Å². The van der Waals surface area contributed by atoms with Gasteiger partial charge in [0.05, 0.1) is 4.90 Å². The zero-order valence-electron chi connectivity index (χ0n) is 17.3. The third-order valence-corrected chi connectivity index (χ3v) is 7.18. The van der Waals surface area contributed by atoms with Gasteiger partial charge < -0.3 is 9.64 Å². The highest BCUT2D eigenvalue weighted by atomic mass is 32.2. The van der Waals surface area contributed by atoms with Crippen LogP contribution in [0.3, 0.4) is 0 Å². The van der Waals surface area contributed by atoms with E-state index in [2.05, 4.69) is 0 Å². The molecule has 1 fully saturated rings. The molecule has 7 heteroatoms. The van der Waals surface area contributed by atoms with Crippen molar-refractivity contribution in [2.24, 2.45) is 0 Å². The average molecular weight is 437 g/mol. The minimum absolute atomic E-state index is 0.112. The molecule has 160 valence electrons. The average Bonchev–Trinajstić information content (AvgIpc) is 2.80. The van der Waals surface area contributed by atoms with Crippen LogP contribution in [-0.2, 0) is 10.0 Å². The molecule has 1 heterocycles. The molecule has 6 nitrogen and oxygen atoms in total. The minimum atomic E-state index is -3.55. The Labute approximate surface area is 182 Å². The molecule has 0 aliphatic carbocycles. The van der Waals surface area contributed by atoms with E-state index in [1.165, 1.54) is 4.31 Å². The fourth-order valence-corrected chi connectivity index (χ4v) is 4.89. The number of aryl methyl sites for hydroxylation is 1. The van der Waals surface area contributed by atoms with Crippen molar-refractivity contribution in [3.63, 3.8) is 0 Å². The maximum atomic E-state index is 12.9. The second kappa shape index (κ2) is 8.91. The van der Waals surface area contributed by atoms with E-state index >= 15 is 0 Å². The number of nitrogens with zero attached hydrogens (tertiary/aromatic N) is 2. The van der Waals surface area contributed by atoms with Crippen LogP contribution in [0.25, 0.3) is 0 Å². The van der Waals surface area contributed by atoms with Crippen LogP contribution < -0.4 is 4.74 Å². The number of hydrogen-bond acceptors (Lipinski definition) is 4. The molecule has 0 bridgehead atoms. The van der Waals surface area contributed by atoms with E-state index in [1.807, 2.05) is 37.3 Å². The van der Waals surface area contributed by atoms with Gasteiger partial charge in [-0.25, -0.2) is 8.42 Å². The highest BCUT2D eigenvalue weighted by Gasteiger charge is 2.30. The Balaban J connectivity index is 1.37. The lowest BCUT2D eigenvalue weighted by Crippen LogP contribution is -2.50. The normalized spacial score (nSPS) is 14.9. The number of para-hydroxylation sites is 1. The van der Waals surface area contributed by atoms with Crippen LogP contribution in [0.2, 0.25) is 0 Å². The van der Waals surface area contributed by atoms with Gasteiger partial charge in [0, 0.05) is 31.7 Å². The van der Waals surface area contributed by atoms with Crippen LogP contribution in [0, 0.1) is 6.92 Å². The fourth-order valence-electron chi connectivity index (χ4n) is 3.46. The van der Waals surface area contributed by atoms with E-state index in [4.69, 9.17) is 4.74 Å². The van der Waals surface area contributed by atoms with Gasteiger partial charge in [-0.2, -0.15) is 4.31 Å². The molecule has 1 amide bonds. The maximum absolute atomic E-state index is 12.9. The Morgan fingerprint density at radius 1 is 0.774 bits per heavy atom. The molecule has 1 saturated heterocycles. The molecule has 0 spiro atoms. The predicted octanol–water partition coefficient (Wildman–Crippen LogP) is 3.93. The van der Waals surface area contributed by atoms with Gasteiger partial charge in [-0.05, 0) is 55.5 Å². The van der Waals surface area contributed by atoms with Gasteiger partial charge in [0.2, 0.25) is 10.0 Å². The second-order valence-corrected chi connectivity index (χ2v) is 9.39. The number of ether oxygens (including phenoxy) is 1. The number of amides is 1. The van der Waals surface area contributed by atoms with Crippen molar-refractivity contribution in [1.82, 2.24) is 9.21 Å². The van der Waals surface area contributed by atoms with Crippen LogP contribution in [0.1, 0.15) is 15.9 Å². The highest BCUT2D eigenvalue weighted by molar-refractivity contribution is 7.89. The van der Waals surface area contributed by atoms with Gasteiger partial charge in [0.1, 0.15) is 11.5 Å². The summed E-state index contributed by atoms with van der Waals surface area (Å²) in [5, 5.41) is 0. The molecular weight excluding hydrogens is 412 g/mol. The quantitative estimate of drug-likeness (QED) is 0.608. The SMILES string of the molecule is Cc1ccc(S(=O)(=O)N2CCN(C(=O)c3ccc(Oc4ccccc4)cc3)CC2)cc1. The highest BCUT2D eigenvalue weighted by Crippen LogP contribution is 2.23. The Morgan fingerprint density at radius 3 is 1.97 bits per heavy atom. The third kappa shape index (κ3) is 4.78. The number of rotatable bonds is 5. The molecular formula is C24H24N2O4S. The lowest BCUT2D eigenvalue weighted by atomic mass is 10.2. The summed E-state index contributed by atoms with van der Waals surface area (Å²) in [6.07, 6.45) is 0. The van der Waals surface area contributed by atoms with Crippen LogP contribution in [-0.4, -0.2) is 49.7 Å². The largest absolute Gasteiger partial charge is 0.457 e. The number of carbonyl (C=O) groups excluding carboxylic acids is 1. The number of hydrogen-bond donors (Lipinski definition) is 0.